The molecule has 0 fully saturated rings. The zero-order chi connectivity index (χ0) is 11.3. The summed E-state index contributed by atoms with van der Waals surface area (Å²) in [5.41, 5.74) is 0.430. The van der Waals surface area contributed by atoms with Crippen LogP contribution in [0.25, 0.3) is 0 Å². The molecule has 0 unspecified atom stereocenters. The van der Waals surface area contributed by atoms with Gasteiger partial charge in [-0.2, -0.15) is 9.90 Å². The highest BCUT2D eigenvalue weighted by Crippen LogP contribution is 2.02. The van der Waals surface area contributed by atoms with Gasteiger partial charge in [-0.3, -0.25) is 4.79 Å². The molecule has 0 saturated heterocycles. The van der Waals surface area contributed by atoms with Gasteiger partial charge in [0.2, 0.25) is 0 Å². The Kier molecular flexibility index (Phi) is 4.27. The molecular formula is C10H18N4O. The van der Waals surface area contributed by atoms with E-state index in [2.05, 4.69) is 24.0 Å². The lowest BCUT2D eigenvalue weighted by atomic mass is 10.3. The lowest BCUT2D eigenvalue weighted by Gasteiger charge is -2.19. The van der Waals surface area contributed by atoms with Crippen molar-refractivity contribution in [1.29, 1.82) is 0 Å². The summed E-state index contributed by atoms with van der Waals surface area (Å²) in [6.45, 7) is 5.69. The molecule has 0 aliphatic carbocycles. The SMILES string of the molecule is CCCN(CCC)C(=O)c1cnn(C)n1. The van der Waals surface area contributed by atoms with Crippen molar-refractivity contribution in [2.24, 2.45) is 7.05 Å². The van der Waals surface area contributed by atoms with Crippen LogP contribution in [0.1, 0.15) is 37.2 Å². The standard InChI is InChI=1S/C10H18N4O/c1-4-6-14(7-5-2)10(15)9-8-11-13(3)12-9/h8H,4-7H2,1-3H3. The molecule has 0 aliphatic rings. The van der Waals surface area contributed by atoms with E-state index in [1.165, 1.54) is 11.0 Å². The van der Waals surface area contributed by atoms with E-state index in [0.29, 0.717) is 5.69 Å². The molecule has 0 atom stereocenters. The molecule has 1 aromatic heterocycles. The van der Waals surface area contributed by atoms with Gasteiger partial charge in [0.15, 0.2) is 5.69 Å². The van der Waals surface area contributed by atoms with Crippen molar-refractivity contribution in [1.82, 2.24) is 19.9 Å². The molecule has 0 N–H and O–H groups in total. The van der Waals surface area contributed by atoms with E-state index in [9.17, 15) is 4.79 Å². The molecule has 5 nitrogen and oxygen atoms in total. The van der Waals surface area contributed by atoms with Crippen molar-refractivity contribution >= 4 is 5.91 Å². The molecule has 1 amide bonds. The van der Waals surface area contributed by atoms with Gasteiger partial charge in [-0.1, -0.05) is 13.8 Å². The summed E-state index contributed by atoms with van der Waals surface area (Å²) in [5.74, 6) is -0.0215. The molecule has 0 aliphatic heterocycles. The first-order valence-electron chi connectivity index (χ1n) is 5.34. The number of hydrogen-bond acceptors (Lipinski definition) is 3. The topological polar surface area (TPSA) is 51.0 Å². The molecule has 1 heterocycles. The zero-order valence-corrected chi connectivity index (χ0v) is 9.60. The van der Waals surface area contributed by atoms with Crippen molar-refractivity contribution < 1.29 is 4.79 Å². The predicted octanol–water partition coefficient (Wildman–Crippen LogP) is 1.08. The lowest BCUT2D eigenvalue weighted by molar-refractivity contribution is 0.0749. The molecular weight excluding hydrogens is 192 g/mol. The second-order valence-corrected chi connectivity index (χ2v) is 3.51. The summed E-state index contributed by atoms with van der Waals surface area (Å²) in [5, 5.41) is 7.91. The van der Waals surface area contributed by atoms with Gasteiger partial charge in [-0.05, 0) is 12.8 Å². The van der Waals surface area contributed by atoms with Gasteiger partial charge in [-0.25, -0.2) is 0 Å². The average molecular weight is 210 g/mol. The van der Waals surface area contributed by atoms with Gasteiger partial charge in [0.25, 0.3) is 5.91 Å². The molecule has 1 rings (SSSR count). The Labute approximate surface area is 90.1 Å². The van der Waals surface area contributed by atoms with Crippen molar-refractivity contribution in [2.45, 2.75) is 26.7 Å². The van der Waals surface area contributed by atoms with Crippen LogP contribution in [0.5, 0.6) is 0 Å². The number of aromatic nitrogens is 3. The molecule has 0 bridgehead atoms. The van der Waals surface area contributed by atoms with Crippen LogP contribution < -0.4 is 0 Å². The minimum Gasteiger partial charge on any atom is -0.337 e. The summed E-state index contributed by atoms with van der Waals surface area (Å²) >= 11 is 0. The number of rotatable bonds is 5. The first-order chi connectivity index (χ1) is 7.19. The number of aryl methyl sites for hydroxylation is 1. The third-order valence-electron chi connectivity index (χ3n) is 2.09. The second kappa shape index (κ2) is 5.48. The monoisotopic (exact) mass is 210 g/mol. The van der Waals surface area contributed by atoms with Gasteiger partial charge in [0.05, 0.1) is 6.20 Å². The van der Waals surface area contributed by atoms with E-state index in [1.807, 2.05) is 4.90 Å². The Morgan fingerprint density at radius 1 is 1.40 bits per heavy atom. The van der Waals surface area contributed by atoms with Crippen molar-refractivity contribution in [2.75, 3.05) is 13.1 Å². The summed E-state index contributed by atoms with van der Waals surface area (Å²) in [6.07, 6.45) is 3.44. The second-order valence-electron chi connectivity index (χ2n) is 3.51. The van der Waals surface area contributed by atoms with Gasteiger partial charge < -0.3 is 4.90 Å². The first kappa shape index (κ1) is 11.7. The molecule has 5 heteroatoms. The minimum absolute atomic E-state index is 0.0215. The normalized spacial score (nSPS) is 10.3. The van der Waals surface area contributed by atoms with Crippen LogP contribution in [0, 0.1) is 0 Å². The van der Waals surface area contributed by atoms with Crippen LogP contribution >= 0.6 is 0 Å². The Bertz CT molecular complexity index is 315. The quantitative estimate of drug-likeness (QED) is 0.730. The van der Waals surface area contributed by atoms with Gasteiger partial charge in [-0.15, -0.1) is 5.10 Å². The maximum atomic E-state index is 11.9. The Balaban J connectivity index is 2.71. The van der Waals surface area contributed by atoms with Crippen LogP contribution in [-0.4, -0.2) is 38.9 Å². The smallest absolute Gasteiger partial charge is 0.276 e. The van der Waals surface area contributed by atoms with Crippen LogP contribution in [0.15, 0.2) is 6.20 Å². The number of amides is 1. The zero-order valence-electron chi connectivity index (χ0n) is 9.60. The highest BCUT2D eigenvalue weighted by atomic mass is 16.2. The fraction of sp³-hybridized carbons (Fsp3) is 0.700. The third-order valence-corrected chi connectivity index (χ3v) is 2.09. The summed E-state index contributed by atoms with van der Waals surface area (Å²) in [7, 11) is 1.71. The van der Waals surface area contributed by atoms with E-state index in [0.717, 1.165) is 25.9 Å². The van der Waals surface area contributed by atoms with Gasteiger partial charge in [0.1, 0.15) is 0 Å². The minimum atomic E-state index is -0.0215. The van der Waals surface area contributed by atoms with E-state index in [-0.39, 0.29) is 5.91 Å². The maximum absolute atomic E-state index is 11.9. The number of nitrogens with zero attached hydrogens (tertiary/aromatic N) is 4. The van der Waals surface area contributed by atoms with E-state index in [4.69, 9.17) is 0 Å². The van der Waals surface area contributed by atoms with E-state index >= 15 is 0 Å². The van der Waals surface area contributed by atoms with Crippen LogP contribution in [0.2, 0.25) is 0 Å². The molecule has 15 heavy (non-hydrogen) atoms. The van der Waals surface area contributed by atoms with E-state index in [1.54, 1.807) is 7.05 Å². The van der Waals surface area contributed by atoms with Crippen LogP contribution in [0.4, 0.5) is 0 Å². The highest BCUT2D eigenvalue weighted by Gasteiger charge is 2.16. The average Bonchev–Trinajstić information content (AvgIpc) is 2.63. The molecule has 0 aromatic carbocycles. The fourth-order valence-electron chi connectivity index (χ4n) is 1.46. The molecule has 0 spiro atoms. The molecule has 1 aromatic rings. The summed E-state index contributed by atoms with van der Waals surface area (Å²) in [4.78, 5) is 15.2. The molecule has 0 radical (unpaired) electrons. The highest BCUT2D eigenvalue weighted by molar-refractivity contribution is 5.91. The van der Waals surface area contributed by atoms with Gasteiger partial charge in [0, 0.05) is 20.1 Å². The number of carbonyl (C=O) groups is 1. The third kappa shape index (κ3) is 3.04. The van der Waals surface area contributed by atoms with Crippen molar-refractivity contribution in [3.63, 3.8) is 0 Å². The van der Waals surface area contributed by atoms with Crippen molar-refractivity contribution in [3.8, 4) is 0 Å². The Hall–Kier alpha value is -1.39. The maximum Gasteiger partial charge on any atom is 0.276 e. The lowest BCUT2D eigenvalue weighted by Crippen LogP contribution is -2.32. The summed E-state index contributed by atoms with van der Waals surface area (Å²) in [6, 6.07) is 0. The van der Waals surface area contributed by atoms with Crippen LogP contribution in [0.3, 0.4) is 0 Å². The number of hydrogen-bond donors (Lipinski definition) is 0. The van der Waals surface area contributed by atoms with Crippen LogP contribution in [-0.2, 0) is 7.05 Å². The first-order valence-corrected chi connectivity index (χ1v) is 5.34. The molecule has 84 valence electrons. The van der Waals surface area contributed by atoms with Gasteiger partial charge >= 0.3 is 0 Å². The molecule has 0 saturated carbocycles. The van der Waals surface area contributed by atoms with E-state index < -0.39 is 0 Å². The van der Waals surface area contributed by atoms with Crippen molar-refractivity contribution in [3.05, 3.63) is 11.9 Å². The Morgan fingerprint density at radius 2 is 2.00 bits per heavy atom. The largest absolute Gasteiger partial charge is 0.337 e. The number of carbonyl (C=O) groups excluding carboxylic acids is 1. The fourth-order valence-corrected chi connectivity index (χ4v) is 1.46. The summed E-state index contributed by atoms with van der Waals surface area (Å²) < 4.78 is 0. The predicted molar refractivity (Wildman–Crippen MR) is 57.5 cm³/mol. The Morgan fingerprint density at radius 3 is 2.40 bits per heavy atom.